The lowest BCUT2D eigenvalue weighted by Gasteiger charge is -2.12. The van der Waals surface area contributed by atoms with Crippen LogP contribution >= 0.6 is 11.6 Å². The molecule has 1 aromatic rings. The number of benzene rings is 1. The molecule has 102 valence electrons. The zero-order valence-corrected chi connectivity index (χ0v) is 11.3. The molecule has 8 heteroatoms. The van der Waals surface area contributed by atoms with Crippen LogP contribution in [0.3, 0.4) is 0 Å². The molecule has 1 aromatic carbocycles. The first-order valence-corrected chi connectivity index (χ1v) is 6.94. The molecule has 0 aliphatic heterocycles. The Balaban J connectivity index is 2.80. The van der Waals surface area contributed by atoms with Crippen molar-refractivity contribution in [3.63, 3.8) is 0 Å². The van der Waals surface area contributed by atoms with Crippen LogP contribution in [-0.2, 0) is 14.8 Å². The Labute approximate surface area is 111 Å². The van der Waals surface area contributed by atoms with Gasteiger partial charge in [0, 0.05) is 18.7 Å². The summed E-state index contributed by atoms with van der Waals surface area (Å²) in [5, 5.41) is 9.72. The lowest BCUT2D eigenvalue weighted by atomic mass is 10.3. The number of ether oxygens (including phenoxy) is 1. The molecule has 1 rings (SSSR count). The zero-order valence-electron chi connectivity index (χ0n) is 9.76. The molecule has 6 nitrogen and oxygen atoms in total. The molecule has 4 N–H and O–H groups in total. The number of aliphatic hydroxyl groups excluding tert-OH is 1. The Morgan fingerprint density at radius 2 is 2.22 bits per heavy atom. The molecule has 0 amide bonds. The first-order chi connectivity index (χ1) is 8.36. The van der Waals surface area contributed by atoms with E-state index in [1.807, 2.05) is 0 Å². The molecule has 0 aliphatic carbocycles. The highest BCUT2D eigenvalue weighted by Gasteiger charge is 2.18. The monoisotopic (exact) mass is 294 g/mol. The van der Waals surface area contributed by atoms with Gasteiger partial charge in [0.1, 0.15) is 4.90 Å². The first-order valence-electron chi connectivity index (χ1n) is 5.08. The molecule has 0 heterocycles. The van der Waals surface area contributed by atoms with Gasteiger partial charge in [0.25, 0.3) is 0 Å². The molecule has 0 saturated heterocycles. The number of nitrogen functional groups attached to an aromatic ring is 1. The minimum atomic E-state index is -3.77. The highest BCUT2D eigenvalue weighted by atomic mass is 35.5. The Morgan fingerprint density at radius 1 is 1.56 bits per heavy atom. The summed E-state index contributed by atoms with van der Waals surface area (Å²) in [6, 6.07) is 4.09. The first kappa shape index (κ1) is 15.2. The molecule has 1 atom stereocenters. The molecule has 0 saturated carbocycles. The predicted molar refractivity (Wildman–Crippen MR) is 68.9 cm³/mol. The summed E-state index contributed by atoms with van der Waals surface area (Å²) >= 11 is 5.68. The molecule has 18 heavy (non-hydrogen) atoms. The van der Waals surface area contributed by atoms with E-state index >= 15 is 0 Å². The van der Waals surface area contributed by atoms with Gasteiger partial charge in [0.05, 0.1) is 18.4 Å². The lowest BCUT2D eigenvalue weighted by Crippen LogP contribution is -2.34. The van der Waals surface area contributed by atoms with E-state index in [0.717, 1.165) is 0 Å². The average molecular weight is 295 g/mol. The van der Waals surface area contributed by atoms with Crippen LogP contribution in [0.25, 0.3) is 0 Å². The third-order valence-electron chi connectivity index (χ3n) is 2.13. The van der Waals surface area contributed by atoms with Gasteiger partial charge in [0.2, 0.25) is 10.0 Å². The number of nitrogens with one attached hydrogen (secondary N) is 1. The quantitative estimate of drug-likeness (QED) is 0.651. The number of hydrogen-bond donors (Lipinski definition) is 3. The summed E-state index contributed by atoms with van der Waals surface area (Å²) < 4.78 is 30.7. The van der Waals surface area contributed by atoms with Gasteiger partial charge in [-0.3, -0.25) is 0 Å². The van der Waals surface area contributed by atoms with Crippen LogP contribution in [0.15, 0.2) is 23.1 Å². The molecule has 0 fully saturated rings. The normalized spacial score (nSPS) is 13.5. The van der Waals surface area contributed by atoms with Gasteiger partial charge in [0.15, 0.2) is 0 Å². The molecule has 0 aliphatic rings. The summed E-state index contributed by atoms with van der Waals surface area (Å²) in [5.41, 5.74) is 5.63. The largest absolute Gasteiger partial charge is 0.398 e. The van der Waals surface area contributed by atoms with E-state index in [4.69, 9.17) is 17.3 Å². The highest BCUT2D eigenvalue weighted by molar-refractivity contribution is 7.89. The van der Waals surface area contributed by atoms with E-state index in [-0.39, 0.29) is 23.7 Å². The lowest BCUT2D eigenvalue weighted by molar-refractivity contribution is 0.0679. The van der Waals surface area contributed by atoms with Crippen molar-refractivity contribution in [2.45, 2.75) is 11.0 Å². The molecule has 1 unspecified atom stereocenters. The third-order valence-corrected chi connectivity index (χ3v) is 3.86. The van der Waals surface area contributed by atoms with Gasteiger partial charge in [-0.1, -0.05) is 11.6 Å². The number of anilines is 1. The number of methoxy groups -OCH3 is 1. The van der Waals surface area contributed by atoms with Gasteiger partial charge < -0.3 is 15.6 Å². The maximum Gasteiger partial charge on any atom is 0.242 e. The van der Waals surface area contributed by atoms with E-state index < -0.39 is 16.1 Å². The number of aliphatic hydroxyl groups is 1. The van der Waals surface area contributed by atoms with Crippen molar-refractivity contribution in [2.75, 3.05) is 26.0 Å². The van der Waals surface area contributed by atoms with Crippen molar-refractivity contribution in [1.82, 2.24) is 4.72 Å². The van der Waals surface area contributed by atoms with E-state index in [0.29, 0.717) is 5.02 Å². The Kier molecular flexibility index (Phi) is 5.36. The Hall–Kier alpha value is -0.860. The van der Waals surface area contributed by atoms with E-state index in [1.165, 1.54) is 25.3 Å². The maximum atomic E-state index is 11.9. The standard InChI is InChI=1S/C10H15ClN2O4S/c1-17-6-8(14)5-13-18(15,16)10-3-2-7(11)4-9(10)12/h2-4,8,13-14H,5-6,12H2,1H3. The minimum absolute atomic E-state index is 0.0403. The van der Waals surface area contributed by atoms with Crippen molar-refractivity contribution in [2.24, 2.45) is 0 Å². The van der Waals surface area contributed by atoms with Crippen molar-refractivity contribution < 1.29 is 18.3 Å². The second-order valence-electron chi connectivity index (χ2n) is 3.64. The summed E-state index contributed by atoms with van der Waals surface area (Å²) in [4.78, 5) is -0.0727. The molecule has 0 spiro atoms. The van der Waals surface area contributed by atoms with Crippen LogP contribution < -0.4 is 10.5 Å². The van der Waals surface area contributed by atoms with Crippen LogP contribution in [0.2, 0.25) is 5.02 Å². The van der Waals surface area contributed by atoms with E-state index in [1.54, 1.807) is 0 Å². The van der Waals surface area contributed by atoms with Crippen LogP contribution in [0.4, 0.5) is 5.69 Å². The van der Waals surface area contributed by atoms with Crippen LogP contribution in [-0.4, -0.2) is 39.9 Å². The number of sulfonamides is 1. The van der Waals surface area contributed by atoms with Crippen LogP contribution in [0.5, 0.6) is 0 Å². The number of rotatable bonds is 6. The van der Waals surface area contributed by atoms with Crippen molar-refractivity contribution >= 4 is 27.3 Å². The molecule has 0 radical (unpaired) electrons. The van der Waals surface area contributed by atoms with Crippen LogP contribution in [0, 0.1) is 0 Å². The van der Waals surface area contributed by atoms with Crippen LogP contribution in [0.1, 0.15) is 0 Å². The fraction of sp³-hybridized carbons (Fsp3) is 0.400. The summed E-state index contributed by atoms with van der Waals surface area (Å²) in [6.07, 6.45) is -0.918. The second kappa shape index (κ2) is 6.35. The zero-order chi connectivity index (χ0) is 13.8. The molecular weight excluding hydrogens is 280 g/mol. The topological polar surface area (TPSA) is 102 Å². The van der Waals surface area contributed by atoms with Gasteiger partial charge in [-0.05, 0) is 18.2 Å². The Morgan fingerprint density at radius 3 is 2.78 bits per heavy atom. The van der Waals surface area contributed by atoms with Gasteiger partial charge in [-0.25, -0.2) is 13.1 Å². The van der Waals surface area contributed by atoms with Gasteiger partial charge in [-0.2, -0.15) is 0 Å². The number of halogens is 1. The predicted octanol–water partition coefficient (Wildman–Crippen LogP) is 0.208. The summed E-state index contributed by atoms with van der Waals surface area (Å²) in [5.74, 6) is 0. The van der Waals surface area contributed by atoms with Crippen molar-refractivity contribution in [1.29, 1.82) is 0 Å². The SMILES string of the molecule is COCC(O)CNS(=O)(=O)c1ccc(Cl)cc1N. The Bertz CT molecular complexity index is 507. The number of nitrogens with two attached hydrogens (primary N) is 1. The van der Waals surface area contributed by atoms with Gasteiger partial charge in [-0.15, -0.1) is 0 Å². The molecular formula is C10H15ClN2O4S. The van der Waals surface area contributed by atoms with Crippen molar-refractivity contribution in [3.8, 4) is 0 Å². The van der Waals surface area contributed by atoms with Gasteiger partial charge >= 0.3 is 0 Å². The fourth-order valence-electron chi connectivity index (χ4n) is 1.30. The van der Waals surface area contributed by atoms with E-state index in [2.05, 4.69) is 9.46 Å². The smallest absolute Gasteiger partial charge is 0.242 e. The molecule has 0 bridgehead atoms. The molecule has 0 aromatic heterocycles. The average Bonchev–Trinajstić information content (AvgIpc) is 2.26. The minimum Gasteiger partial charge on any atom is -0.398 e. The fourth-order valence-corrected chi connectivity index (χ4v) is 2.66. The summed E-state index contributed by atoms with van der Waals surface area (Å²) in [7, 11) is -2.36. The third kappa shape index (κ3) is 4.11. The maximum absolute atomic E-state index is 11.9. The highest BCUT2D eigenvalue weighted by Crippen LogP contribution is 2.22. The van der Waals surface area contributed by atoms with Crippen molar-refractivity contribution in [3.05, 3.63) is 23.2 Å². The van der Waals surface area contributed by atoms with E-state index in [9.17, 15) is 13.5 Å². The summed E-state index contributed by atoms with van der Waals surface area (Å²) in [6.45, 7) is -0.114. The number of hydrogen-bond acceptors (Lipinski definition) is 5. The second-order valence-corrected chi connectivity index (χ2v) is 5.82.